The Kier molecular flexibility index (Phi) is 4.36. The molecule has 1 aliphatic rings. The Hall–Kier alpha value is -3.24. The highest BCUT2D eigenvalue weighted by atomic mass is 19.4. The van der Waals surface area contributed by atoms with Gasteiger partial charge in [0, 0.05) is 25.1 Å². The van der Waals surface area contributed by atoms with E-state index in [9.17, 15) is 18.0 Å². The second-order valence-corrected chi connectivity index (χ2v) is 6.45. The number of hydrogen-bond donors (Lipinski definition) is 1. The van der Waals surface area contributed by atoms with E-state index < -0.39 is 18.1 Å². The Morgan fingerprint density at radius 3 is 2.86 bits per heavy atom. The van der Waals surface area contributed by atoms with Crippen LogP contribution < -0.4 is 10.2 Å². The summed E-state index contributed by atoms with van der Waals surface area (Å²) in [6, 6.07) is -0.100. The molecule has 0 aromatic carbocycles. The SMILES string of the molecule is Cc1nn2ccc(N3CCCC3C(F)(F)F)nc2c1C(=O)Nc1cnccn1. The van der Waals surface area contributed by atoms with Crippen molar-refractivity contribution in [3.05, 3.63) is 42.1 Å². The third-order valence-corrected chi connectivity index (χ3v) is 4.60. The van der Waals surface area contributed by atoms with Crippen molar-refractivity contribution >= 4 is 23.2 Å². The predicted molar refractivity (Wildman–Crippen MR) is 94.1 cm³/mol. The molecule has 1 unspecified atom stereocenters. The fourth-order valence-corrected chi connectivity index (χ4v) is 3.38. The maximum absolute atomic E-state index is 13.3. The number of carbonyl (C=O) groups is 1. The maximum atomic E-state index is 13.3. The molecule has 146 valence electrons. The summed E-state index contributed by atoms with van der Waals surface area (Å²) in [4.78, 5) is 26.1. The Morgan fingerprint density at radius 2 is 2.14 bits per heavy atom. The summed E-state index contributed by atoms with van der Waals surface area (Å²) >= 11 is 0. The Balaban J connectivity index is 1.71. The van der Waals surface area contributed by atoms with E-state index in [1.807, 2.05) is 0 Å². The third-order valence-electron chi connectivity index (χ3n) is 4.60. The number of nitrogens with one attached hydrogen (secondary N) is 1. The van der Waals surface area contributed by atoms with Crippen molar-refractivity contribution in [3.63, 3.8) is 0 Å². The molecule has 4 heterocycles. The van der Waals surface area contributed by atoms with Gasteiger partial charge in [0.1, 0.15) is 17.4 Å². The molecule has 4 rings (SSSR count). The number of amides is 1. The van der Waals surface area contributed by atoms with E-state index >= 15 is 0 Å². The topological polar surface area (TPSA) is 88.3 Å². The minimum absolute atomic E-state index is 0.0225. The van der Waals surface area contributed by atoms with Gasteiger partial charge in [-0.25, -0.2) is 14.5 Å². The second kappa shape index (κ2) is 6.73. The molecule has 0 bridgehead atoms. The van der Waals surface area contributed by atoms with Crippen LogP contribution in [0.2, 0.25) is 0 Å². The van der Waals surface area contributed by atoms with Crippen molar-refractivity contribution in [2.75, 3.05) is 16.8 Å². The first kappa shape index (κ1) is 18.1. The van der Waals surface area contributed by atoms with Crippen molar-refractivity contribution in [2.24, 2.45) is 0 Å². The lowest BCUT2D eigenvalue weighted by atomic mass is 10.2. The fourth-order valence-electron chi connectivity index (χ4n) is 3.38. The van der Waals surface area contributed by atoms with E-state index in [0.29, 0.717) is 12.1 Å². The Morgan fingerprint density at radius 1 is 1.32 bits per heavy atom. The summed E-state index contributed by atoms with van der Waals surface area (Å²) < 4.78 is 41.3. The van der Waals surface area contributed by atoms with Crippen LogP contribution in [-0.4, -0.2) is 49.2 Å². The molecular weight excluding hydrogens is 375 g/mol. The first-order chi connectivity index (χ1) is 13.3. The number of fused-ring (bicyclic) bond motifs is 1. The summed E-state index contributed by atoms with van der Waals surface area (Å²) in [6.45, 7) is 1.88. The number of aromatic nitrogens is 5. The average Bonchev–Trinajstić information content (AvgIpc) is 3.25. The van der Waals surface area contributed by atoms with Crippen molar-refractivity contribution < 1.29 is 18.0 Å². The zero-order valence-corrected chi connectivity index (χ0v) is 14.8. The number of aryl methyl sites for hydroxylation is 1. The number of rotatable bonds is 3. The van der Waals surface area contributed by atoms with E-state index in [1.54, 1.807) is 6.92 Å². The Labute approximate surface area is 157 Å². The molecule has 3 aromatic rings. The van der Waals surface area contributed by atoms with Gasteiger partial charge in [0.2, 0.25) is 0 Å². The molecule has 1 N–H and O–H groups in total. The second-order valence-electron chi connectivity index (χ2n) is 6.45. The maximum Gasteiger partial charge on any atom is 0.408 e. The van der Waals surface area contributed by atoms with Crippen LogP contribution in [0, 0.1) is 6.92 Å². The minimum Gasteiger partial charge on any atom is -0.344 e. The van der Waals surface area contributed by atoms with Crippen LogP contribution in [0.5, 0.6) is 0 Å². The molecule has 1 aliphatic heterocycles. The van der Waals surface area contributed by atoms with E-state index in [4.69, 9.17) is 0 Å². The highest BCUT2D eigenvalue weighted by molar-refractivity contribution is 6.08. The van der Waals surface area contributed by atoms with Crippen LogP contribution in [0.15, 0.2) is 30.9 Å². The van der Waals surface area contributed by atoms with Gasteiger partial charge in [-0.05, 0) is 25.8 Å². The Bertz CT molecular complexity index is 1020. The van der Waals surface area contributed by atoms with Crippen molar-refractivity contribution in [3.8, 4) is 0 Å². The molecule has 1 fully saturated rings. The number of nitrogens with zero attached hydrogens (tertiary/aromatic N) is 6. The number of hydrogen-bond acceptors (Lipinski definition) is 6. The molecule has 0 radical (unpaired) electrons. The van der Waals surface area contributed by atoms with E-state index in [-0.39, 0.29) is 35.8 Å². The van der Waals surface area contributed by atoms with E-state index in [1.165, 1.54) is 40.3 Å². The normalized spacial score (nSPS) is 17.3. The first-order valence-electron chi connectivity index (χ1n) is 8.61. The monoisotopic (exact) mass is 391 g/mol. The van der Waals surface area contributed by atoms with Gasteiger partial charge >= 0.3 is 6.18 Å². The van der Waals surface area contributed by atoms with Gasteiger partial charge in [0.25, 0.3) is 5.91 Å². The molecule has 0 spiro atoms. The van der Waals surface area contributed by atoms with Crippen molar-refractivity contribution in [2.45, 2.75) is 32.0 Å². The highest BCUT2D eigenvalue weighted by Crippen LogP contribution is 2.35. The standard InChI is InChI=1S/C17H16F3N7O/c1-10-14(16(28)23-12-9-21-5-6-22-12)15-24-13(4-8-27(15)25-10)26-7-2-3-11(26)17(18,19)20/h4-6,8-9,11H,2-3,7H2,1H3,(H,22,23,28). The molecular formula is C17H16F3N7O. The van der Waals surface area contributed by atoms with Crippen LogP contribution in [-0.2, 0) is 0 Å². The predicted octanol–water partition coefficient (Wildman–Crippen LogP) is 2.61. The van der Waals surface area contributed by atoms with E-state index in [2.05, 4.69) is 25.4 Å². The first-order valence-corrected chi connectivity index (χ1v) is 8.61. The number of anilines is 2. The van der Waals surface area contributed by atoms with Crippen LogP contribution in [0.1, 0.15) is 28.9 Å². The molecule has 11 heteroatoms. The number of halogens is 3. The van der Waals surface area contributed by atoms with Crippen LogP contribution >= 0.6 is 0 Å². The molecule has 0 aliphatic carbocycles. The third kappa shape index (κ3) is 3.23. The minimum atomic E-state index is -4.34. The van der Waals surface area contributed by atoms with Gasteiger partial charge < -0.3 is 10.2 Å². The molecule has 1 atom stereocenters. The highest BCUT2D eigenvalue weighted by Gasteiger charge is 2.46. The van der Waals surface area contributed by atoms with Gasteiger partial charge in [0.15, 0.2) is 11.5 Å². The smallest absolute Gasteiger partial charge is 0.344 e. The lowest BCUT2D eigenvalue weighted by Gasteiger charge is -2.27. The quantitative estimate of drug-likeness (QED) is 0.738. The molecule has 3 aromatic heterocycles. The van der Waals surface area contributed by atoms with Gasteiger partial charge in [-0.1, -0.05) is 0 Å². The van der Waals surface area contributed by atoms with E-state index in [0.717, 1.165) is 0 Å². The van der Waals surface area contributed by atoms with Crippen LogP contribution in [0.3, 0.4) is 0 Å². The summed E-state index contributed by atoms with van der Waals surface area (Å²) in [5, 5.41) is 6.83. The largest absolute Gasteiger partial charge is 0.408 e. The zero-order valence-electron chi connectivity index (χ0n) is 14.8. The van der Waals surface area contributed by atoms with Crippen molar-refractivity contribution in [1.29, 1.82) is 0 Å². The summed E-state index contributed by atoms with van der Waals surface area (Å²) in [7, 11) is 0. The zero-order chi connectivity index (χ0) is 19.9. The van der Waals surface area contributed by atoms with Crippen LogP contribution in [0.25, 0.3) is 5.65 Å². The van der Waals surface area contributed by atoms with Crippen molar-refractivity contribution in [1.82, 2.24) is 24.6 Å². The number of alkyl halides is 3. The lowest BCUT2D eigenvalue weighted by Crippen LogP contribution is -2.41. The summed E-state index contributed by atoms with van der Waals surface area (Å²) in [6.07, 6.45) is 1.90. The summed E-state index contributed by atoms with van der Waals surface area (Å²) in [5.41, 5.74) is 0.763. The molecule has 28 heavy (non-hydrogen) atoms. The van der Waals surface area contributed by atoms with Gasteiger partial charge in [-0.15, -0.1) is 0 Å². The van der Waals surface area contributed by atoms with Gasteiger partial charge in [-0.2, -0.15) is 18.3 Å². The summed E-state index contributed by atoms with van der Waals surface area (Å²) in [5.74, 6) is -0.0914. The molecule has 1 amide bonds. The molecule has 0 saturated carbocycles. The average molecular weight is 391 g/mol. The lowest BCUT2D eigenvalue weighted by molar-refractivity contribution is -0.146. The fraction of sp³-hybridized carbons (Fsp3) is 0.353. The molecule has 1 saturated heterocycles. The van der Waals surface area contributed by atoms with Crippen LogP contribution in [0.4, 0.5) is 24.8 Å². The van der Waals surface area contributed by atoms with Gasteiger partial charge in [0.05, 0.1) is 11.9 Å². The molecule has 8 nitrogen and oxygen atoms in total. The number of carbonyl (C=O) groups excluding carboxylic acids is 1. The van der Waals surface area contributed by atoms with Gasteiger partial charge in [-0.3, -0.25) is 9.78 Å².